The third kappa shape index (κ3) is 5.68. The van der Waals surface area contributed by atoms with E-state index in [2.05, 4.69) is 0 Å². The number of benzene rings is 4. The number of β-lactam (4-membered cyclic amide) rings is 1. The average Bonchev–Trinajstić information content (AvgIpc) is 2.93. The minimum Gasteiger partial charge on any atom is -0.508 e. The smallest absolute Gasteiger partial charge is 0.356 e. The van der Waals surface area contributed by atoms with Crippen LogP contribution in [0.2, 0.25) is 0 Å². The molecule has 4 aromatic rings. The van der Waals surface area contributed by atoms with Gasteiger partial charge in [-0.05, 0) is 71.3 Å². The van der Waals surface area contributed by atoms with Crippen LogP contribution < -0.4 is 10.2 Å². The van der Waals surface area contributed by atoms with Gasteiger partial charge in [-0.15, -0.1) is 11.8 Å². The summed E-state index contributed by atoms with van der Waals surface area (Å²) in [6.07, 6.45) is -0.953. The van der Waals surface area contributed by atoms with Crippen LogP contribution in [0.3, 0.4) is 0 Å². The molecule has 1 fully saturated rings. The van der Waals surface area contributed by atoms with Gasteiger partial charge in [0.05, 0.1) is 17.5 Å². The molecule has 7 nitrogen and oxygen atoms in total. The van der Waals surface area contributed by atoms with Gasteiger partial charge in [0.25, 0.3) is 0 Å². The largest absolute Gasteiger partial charge is 0.508 e. The molecule has 4 aromatic carbocycles. The molecule has 0 radical (unpaired) electrons. The van der Waals surface area contributed by atoms with Gasteiger partial charge in [-0.3, -0.25) is 9.36 Å². The first-order chi connectivity index (χ1) is 19.0. The molecule has 0 unspecified atom stereocenters. The summed E-state index contributed by atoms with van der Waals surface area (Å²) in [6.45, 7) is 0. The highest BCUT2D eigenvalue weighted by atomic mass is 32.2. The number of anilines is 1. The van der Waals surface area contributed by atoms with Gasteiger partial charge < -0.3 is 24.9 Å². The Balaban J connectivity index is 1.43. The number of aliphatic hydroxyl groups excluding tert-OH is 1. The monoisotopic (exact) mass is 583 g/mol. The van der Waals surface area contributed by atoms with E-state index in [1.807, 2.05) is 0 Å². The van der Waals surface area contributed by atoms with Gasteiger partial charge in [0.2, 0.25) is 5.91 Å². The molecular weight excluding hydrogens is 559 g/mol. The van der Waals surface area contributed by atoms with E-state index in [4.69, 9.17) is 0 Å². The van der Waals surface area contributed by atoms with Crippen LogP contribution in [0.15, 0.2) is 91.0 Å². The lowest BCUT2D eigenvalue weighted by Crippen LogP contribution is -2.57. The van der Waals surface area contributed by atoms with Crippen molar-refractivity contribution in [3.05, 3.63) is 114 Å². The summed E-state index contributed by atoms with van der Waals surface area (Å²) >= 11 is 1.20. The van der Waals surface area contributed by atoms with Crippen molar-refractivity contribution < 1.29 is 38.1 Å². The molecule has 1 saturated heterocycles. The molecule has 4 N–H and O–H groups in total. The Morgan fingerprint density at radius 1 is 0.850 bits per heavy atom. The molecule has 0 aromatic heterocycles. The lowest BCUT2D eigenvalue weighted by Gasteiger charge is -2.47. The first-order valence-corrected chi connectivity index (χ1v) is 14.8. The molecule has 206 valence electrons. The van der Waals surface area contributed by atoms with Crippen molar-refractivity contribution in [2.45, 2.75) is 17.4 Å². The van der Waals surface area contributed by atoms with Crippen LogP contribution in [-0.4, -0.2) is 36.9 Å². The average molecular weight is 584 g/mol. The molecule has 40 heavy (non-hydrogen) atoms. The normalized spacial score (nSPS) is 17.9. The Morgan fingerprint density at radius 3 is 2.00 bits per heavy atom. The number of phenols is 1. The fourth-order valence-corrected chi connectivity index (χ4v) is 6.44. The Morgan fingerprint density at radius 2 is 1.43 bits per heavy atom. The highest BCUT2D eigenvalue weighted by Gasteiger charge is 2.50. The van der Waals surface area contributed by atoms with Crippen LogP contribution in [-0.2, 0) is 9.36 Å². The summed E-state index contributed by atoms with van der Waals surface area (Å²) in [7, 11) is -4.39. The summed E-state index contributed by atoms with van der Waals surface area (Å²) in [5.41, 5.74) is 2.60. The Bertz CT molecular complexity index is 1580. The van der Waals surface area contributed by atoms with Crippen molar-refractivity contribution in [3.63, 3.8) is 0 Å². The molecule has 3 atom stereocenters. The highest BCUT2D eigenvalue weighted by Crippen LogP contribution is 2.48. The quantitative estimate of drug-likeness (QED) is 0.169. The van der Waals surface area contributed by atoms with Crippen molar-refractivity contribution in [1.82, 2.24) is 0 Å². The molecule has 0 spiro atoms. The second kappa shape index (κ2) is 11.2. The second-order valence-corrected chi connectivity index (χ2v) is 12.1. The molecule has 0 saturated carbocycles. The predicted molar refractivity (Wildman–Crippen MR) is 149 cm³/mol. The van der Waals surface area contributed by atoms with Gasteiger partial charge in [0.15, 0.2) is 0 Å². The summed E-state index contributed by atoms with van der Waals surface area (Å²) in [5.74, 6) is -1.13. The van der Waals surface area contributed by atoms with Crippen molar-refractivity contribution >= 4 is 36.3 Å². The van der Waals surface area contributed by atoms with Gasteiger partial charge >= 0.3 is 7.60 Å². The molecule has 1 aliphatic rings. The van der Waals surface area contributed by atoms with Gasteiger partial charge in [0, 0.05) is 17.0 Å². The standard InChI is InChI=1S/C29H24F2NO6PS/c30-20-6-1-18(2-7-20)26(34)16-40-28-27(32(29(28)35)22-10-8-21(31)9-11-22)24-14-5-19(15-25(24)33)17-3-12-23(13-4-17)39(36,37)38/h1-15,26-28,33-34H,16H2,(H2,36,37,38)/t26-,27+,28+/m0/s1. The Kier molecular flexibility index (Phi) is 7.81. The number of thioether (sulfide) groups is 1. The molecule has 1 aliphatic heterocycles. The number of aliphatic hydroxyl groups is 1. The predicted octanol–water partition coefficient (Wildman–Crippen LogP) is 5.06. The number of aromatic hydroxyl groups is 1. The number of hydrogen-bond acceptors (Lipinski definition) is 5. The molecule has 0 bridgehead atoms. The number of hydrogen-bond donors (Lipinski definition) is 4. The van der Waals surface area contributed by atoms with Crippen molar-refractivity contribution in [3.8, 4) is 16.9 Å². The molecule has 1 heterocycles. The second-order valence-electron chi connectivity index (χ2n) is 9.32. The van der Waals surface area contributed by atoms with Crippen LogP contribution >= 0.6 is 19.4 Å². The number of phenolic OH excluding ortho intramolecular Hbond substituents is 1. The van der Waals surface area contributed by atoms with Crippen molar-refractivity contribution in [2.24, 2.45) is 0 Å². The maximum absolute atomic E-state index is 13.6. The van der Waals surface area contributed by atoms with Gasteiger partial charge in [-0.2, -0.15) is 0 Å². The van der Waals surface area contributed by atoms with Crippen LogP contribution in [0, 0.1) is 11.6 Å². The fourth-order valence-electron chi connectivity index (χ4n) is 4.61. The zero-order valence-electron chi connectivity index (χ0n) is 20.8. The zero-order valence-corrected chi connectivity index (χ0v) is 22.5. The number of carbonyl (C=O) groups is 1. The number of carbonyl (C=O) groups excluding carboxylic acids is 1. The van der Waals surface area contributed by atoms with Gasteiger partial charge in [-0.25, -0.2) is 8.78 Å². The first-order valence-electron chi connectivity index (χ1n) is 12.2. The SMILES string of the molecule is O=C1[C@H](SC[C@H](O)c2ccc(F)cc2)[C@@H](c2ccc(-c3ccc(P(=O)(O)O)cc3)cc2O)N1c1ccc(F)cc1. The topological polar surface area (TPSA) is 118 Å². The third-order valence-corrected chi connectivity index (χ3v) is 9.02. The summed E-state index contributed by atoms with van der Waals surface area (Å²) in [4.78, 5) is 33.4. The molecule has 1 amide bonds. The minimum atomic E-state index is -4.39. The minimum absolute atomic E-state index is 0.106. The fraction of sp³-hybridized carbons (Fsp3) is 0.138. The maximum Gasteiger partial charge on any atom is 0.356 e. The van der Waals surface area contributed by atoms with Gasteiger partial charge in [-0.1, -0.05) is 36.4 Å². The van der Waals surface area contributed by atoms with E-state index in [1.54, 1.807) is 12.1 Å². The number of halogens is 2. The first kappa shape index (κ1) is 28.0. The Labute approximate surface area is 232 Å². The maximum atomic E-state index is 13.6. The third-order valence-electron chi connectivity index (χ3n) is 6.73. The van der Waals surface area contributed by atoms with Crippen molar-refractivity contribution in [1.29, 1.82) is 0 Å². The van der Waals surface area contributed by atoms with E-state index >= 15 is 0 Å². The zero-order chi connectivity index (χ0) is 28.6. The number of amides is 1. The molecule has 11 heteroatoms. The summed E-state index contributed by atoms with van der Waals surface area (Å²) in [5, 5.41) is 20.9. The molecule has 0 aliphatic carbocycles. The van der Waals surface area contributed by atoms with Crippen LogP contribution in [0.5, 0.6) is 5.75 Å². The van der Waals surface area contributed by atoms with Crippen LogP contribution in [0.4, 0.5) is 14.5 Å². The number of rotatable bonds is 8. The van der Waals surface area contributed by atoms with Gasteiger partial charge in [0.1, 0.15) is 22.6 Å². The van der Waals surface area contributed by atoms with E-state index in [0.717, 1.165) is 0 Å². The van der Waals surface area contributed by atoms with Crippen molar-refractivity contribution in [2.75, 3.05) is 10.7 Å². The molecule has 5 rings (SSSR count). The summed E-state index contributed by atoms with van der Waals surface area (Å²) < 4.78 is 38.3. The van der Waals surface area contributed by atoms with E-state index < -0.39 is 36.6 Å². The van der Waals surface area contributed by atoms with E-state index in [0.29, 0.717) is 27.9 Å². The lowest BCUT2D eigenvalue weighted by molar-refractivity contribution is -0.123. The number of nitrogens with zero attached hydrogens (tertiary/aromatic N) is 1. The van der Waals surface area contributed by atoms with E-state index in [1.165, 1.54) is 95.5 Å². The van der Waals surface area contributed by atoms with E-state index in [9.17, 15) is 38.1 Å². The lowest BCUT2D eigenvalue weighted by atomic mass is 9.90. The summed E-state index contributed by atoms with van der Waals surface area (Å²) in [6, 6.07) is 20.8. The van der Waals surface area contributed by atoms with Crippen LogP contribution in [0.1, 0.15) is 23.3 Å². The molecular formula is C29H24F2NO6PS. The van der Waals surface area contributed by atoms with E-state index in [-0.39, 0.29) is 22.7 Å². The Hall–Kier alpha value is -3.53. The highest BCUT2D eigenvalue weighted by molar-refractivity contribution is 8.00. The van der Waals surface area contributed by atoms with Crippen LogP contribution in [0.25, 0.3) is 11.1 Å².